The number of nitrogens with two attached hydrogens (primary N) is 1. The number of nitrogen functional groups attached to an aromatic ring is 1. The van der Waals surface area contributed by atoms with Crippen LogP contribution in [-0.4, -0.2) is 57.1 Å². The topological polar surface area (TPSA) is 97.4 Å². The van der Waals surface area contributed by atoms with Gasteiger partial charge in [0.1, 0.15) is 0 Å². The van der Waals surface area contributed by atoms with Gasteiger partial charge in [0.25, 0.3) is 5.91 Å². The molecule has 27 heavy (non-hydrogen) atoms. The number of carbonyl (C=O) groups is 2. The summed E-state index contributed by atoms with van der Waals surface area (Å²) in [7, 11) is 3.46. The van der Waals surface area contributed by atoms with Crippen LogP contribution in [0.15, 0.2) is 36.8 Å². The van der Waals surface area contributed by atoms with Crippen molar-refractivity contribution in [2.75, 3.05) is 26.4 Å². The molecule has 0 aliphatic carbocycles. The lowest BCUT2D eigenvalue weighted by atomic mass is 9.97. The molecule has 0 unspecified atom stereocenters. The molecule has 0 saturated heterocycles. The predicted molar refractivity (Wildman–Crippen MR) is 101 cm³/mol. The van der Waals surface area contributed by atoms with Crippen LogP contribution in [0.1, 0.15) is 21.5 Å². The van der Waals surface area contributed by atoms with Crippen LogP contribution < -0.4 is 5.73 Å². The van der Waals surface area contributed by atoms with Crippen LogP contribution in [0.5, 0.6) is 0 Å². The molecule has 2 aromatic heterocycles. The van der Waals surface area contributed by atoms with Gasteiger partial charge in [0.05, 0.1) is 17.3 Å². The summed E-state index contributed by atoms with van der Waals surface area (Å²) in [5.74, 6) is -0.230. The van der Waals surface area contributed by atoms with Crippen LogP contribution >= 0.6 is 0 Å². The zero-order valence-electron chi connectivity index (χ0n) is 15.2. The molecule has 138 valence electrons. The van der Waals surface area contributed by atoms with Crippen LogP contribution in [0.25, 0.3) is 10.9 Å². The van der Waals surface area contributed by atoms with Crippen LogP contribution in [-0.2, 0) is 13.0 Å². The molecular weight excluding hydrogens is 344 g/mol. The Hall–Kier alpha value is -3.42. The van der Waals surface area contributed by atoms with E-state index in [-0.39, 0.29) is 11.9 Å². The number of hydrogen-bond acceptors (Lipinski definition) is 5. The van der Waals surface area contributed by atoms with Gasteiger partial charge in [0, 0.05) is 50.7 Å². The molecule has 0 spiro atoms. The summed E-state index contributed by atoms with van der Waals surface area (Å²) in [6.07, 6.45) is 5.53. The molecule has 8 heteroatoms. The van der Waals surface area contributed by atoms with E-state index < -0.39 is 0 Å². The van der Waals surface area contributed by atoms with Crippen molar-refractivity contribution in [1.82, 2.24) is 24.6 Å². The van der Waals surface area contributed by atoms with Crippen LogP contribution in [0.2, 0.25) is 0 Å². The van der Waals surface area contributed by atoms with Gasteiger partial charge in [-0.25, -0.2) is 4.79 Å². The van der Waals surface area contributed by atoms with Gasteiger partial charge in [-0.2, -0.15) is 9.78 Å². The third-order valence-electron chi connectivity index (χ3n) is 4.81. The summed E-state index contributed by atoms with van der Waals surface area (Å²) >= 11 is 0. The molecule has 3 aromatic rings. The highest BCUT2D eigenvalue weighted by atomic mass is 16.2. The van der Waals surface area contributed by atoms with E-state index in [1.165, 1.54) is 4.68 Å². The Morgan fingerprint density at radius 3 is 2.78 bits per heavy atom. The number of fused-ring (bicyclic) bond motifs is 2. The Morgan fingerprint density at radius 1 is 1.19 bits per heavy atom. The minimum absolute atomic E-state index is 0.0481. The molecular formula is C19H20N6O2. The minimum Gasteiger partial charge on any atom is -0.399 e. The van der Waals surface area contributed by atoms with Crippen LogP contribution in [0.3, 0.4) is 0 Å². The van der Waals surface area contributed by atoms with E-state index in [0.717, 1.165) is 16.5 Å². The van der Waals surface area contributed by atoms with E-state index in [0.29, 0.717) is 36.3 Å². The van der Waals surface area contributed by atoms with Crippen LogP contribution in [0, 0.1) is 0 Å². The number of amides is 2. The molecule has 0 fully saturated rings. The lowest BCUT2D eigenvalue weighted by Crippen LogP contribution is -2.42. The molecule has 4 rings (SSSR count). The molecule has 2 N–H and O–H groups in total. The van der Waals surface area contributed by atoms with Crippen molar-refractivity contribution in [2.45, 2.75) is 13.0 Å². The quantitative estimate of drug-likeness (QED) is 0.664. The Labute approximate surface area is 156 Å². The standard InChI is InChI=1S/C19H20N6O2/c1-23(2)19(27)24-6-5-15-13(11-24)8-21-10-16(15)18(26)25-17-4-3-14(20)7-12(17)9-22-25/h3-4,7-10H,5-6,11,20H2,1-2H3. The number of benzene rings is 1. The Balaban J connectivity index is 1.70. The van der Waals surface area contributed by atoms with Crippen molar-refractivity contribution in [3.63, 3.8) is 0 Å². The highest BCUT2D eigenvalue weighted by Crippen LogP contribution is 2.24. The zero-order valence-corrected chi connectivity index (χ0v) is 15.2. The van der Waals surface area contributed by atoms with Gasteiger partial charge in [-0.05, 0) is 35.7 Å². The predicted octanol–water partition coefficient (Wildman–Crippen LogP) is 1.74. The Kier molecular flexibility index (Phi) is 4.02. The fraction of sp³-hybridized carbons (Fsp3) is 0.263. The SMILES string of the molecule is CN(C)C(=O)N1CCc2c(cncc2C(=O)n2ncc3cc(N)ccc32)C1. The second kappa shape index (κ2) is 6.39. The second-order valence-corrected chi connectivity index (χ2v) is 6.85. The number of anilines is 1. The first kappa shape index (κ1) is 17.0. The summed E-state index contributed by atoms with van der Waals surface area (Å²) in [4.78, 5) is 32.9. The fourth-order valence-electron chi connectivity index (χ4n) is 3.45. The number of rotatable bonds is 1. The number of carbonyl (C=O) groups excluding carboxylic acids is 2. The molecule has 0 bridgehead atoms. The molecule has 1 aliphatic rings. The van der Waals surface area contributed by atoms with Gasteiger partial charge < -0.3 is 15.5 Å². The normalized spacial score (nSPS) is 13.5. The summed E-state index contributed by atoms with van der Waals surface area (Å²) in [6.45, 7) is 1.00. The molecule has 2 amide bonds. The summed E-state index contributed by atoms with van der Waals surface area (Å²) in [5, 5.41) is 5.05. The lowest BCUT2D eigenvalue weighted by Gasteiger charge is -2.31. The Morgan fingerprint density at radius 2 is 2.00 bits per heavy atom. The maximum Gasteiger partial charge on any atom is 0.319 e. The first-order chi connectivity index (χ1) is 13.0. The van der Waals surface area contributed by atoms with Gasteiger partial charge >= 0.3 is 6.03 Å². The molecule has 0 saturated carbocycles. The van der Waals surface area contributed by atoms with E-state index in [2.05, 4.69) is 10.1 Å². The number of urea groups is 1. The molecule has 1 aromatic carbocycles. The lowest BCUT2D eigenvalue weighted by molar-refractivity contribution is 0.0948. The summed E-state index contributed by atoms with van der Waals surface area (Å²) in [5.41, 5.74) is 9.47. The van der Waals surface area contributed by atoms with Crippen molar-refractivity contribution in [3.05, 3.63) is 53.5 Å². The van der Waals surface area contributed by atoms with Gasteiger partial charge in [0.2, 0.25) is 0 Å². The number of aromatic nitrogens is 3. The molecule has 8 nitrogen and oxygen atoms in total. The average Bonchev–Trinajstić information content (AvgIpc) is 3.08. The summed E-state index contributed by atoms with van der Waals surface area (Å²) in [6, 6.07) is 5.27. The average molecular weight is 364 g/mol. The van der Waals surface area contributed by atoms with Gasteiger partial charge in [0.15, 0.2) is 0 Å². The van der Waals surface area contributed by atoms with Crippen molar-refractivity contribution in [3.8, 4) is 0 Å². The number of pyridine rings is 1. The van der Waals surface area contributed by atoms with Gasteiger partial charge in [-0.1, -0.05) is 0 Å². The largest absolute Gasteiger partial charge is 0.399 e. The van der Waals surface area contributed by atoms with E-state index in [1.54, 1.807) is 60.7 Å². The van der Waals surface area contributed by atoms with E-state index in [9.17, 15) is 9.59 Å². The Bertz CT molecular complexity index is 1060. The highest BCUT2D eigenvalue weighted by molar-refractivity contribution is 6.02. The third kappa shape index (κ3) is 2.88. The van der Waals surface area contributed by atoms with Crippen molar-refractivity contribution in [2.24, 2.45) is 0 Å². The maximum atomic E-state index is 13.1. The van der Waals surface area contributed by atoms with E-state index >= 15 is 0 Å². The second-order valence-electron chi connectivity index (χ2n) is 6.85. The van der Waals surface area contributed by atoms with Crippen molar-refractivity contribution >= 4 is 28.5 Å². The summed E-state index contributed by atoms with van der Waals surface area (Å²) < 4.78 is 1.38. The number of hydrogen-bond donors (Lipinski definition) is 1. The number of nitrogens with zero attached hydrogens (tertiary/aromatic N) is 5. The van der Waals surface area contributed by atoms with E-state index in [4.69, 9.17) is 5.73 Å². The van der Waals surface area contributed by atoms with Gasteiger partial charge in [-0.3, -0.25) is 9.78 Å². The fourth-order valence-corrected chi connectivity index (χ4v) is 3.45. The van der Waals surface area contributed by atoms with E-state index in [1.807, 2.05) is 0 Å². The highest BCUT2D eigenvalue weighted by Gasteiger charge is 2.26. The molecule has 0 radical (unpaired) electrons. The van der Waals surface area contributed by atoms with Gasteiger partial charge in [-0.15, -0.1) is 0 Å². The maximum absolute atomic E-state index is 13.1. The first-order valence-corrected chi connectivity index (χ1v) is 8.65. The molecule has 1 aliphatic heterocycles. The van der Waals surface area contributed by atoms with Crippen molar-refractivity contribution < 1.29 is 9.59 Å². The molecule has 0 atom stereocenters. The third-order valence-corrected chi connectivity index (χ3v) is 4.81. The zero-order chi connectivity index (χ0) is 19.1. The molecule has 3 heterocycles. The minimum atomic E-state index is -0.230. The monoisotopic (exact) mass is 364 g/mol. The van der Waals surface area contributed by atoms with Crippen molar-refractivity contribution in [1.29, 1.82) is 0 Å². The van der Waals surface area contributed by atoms with Crippen LogP contribution in [0.4, 0.5) is 10.5 Å². The first-order valence-electron chi connectivity index (χ1n) is 8.65. The smallest absolute Gasteiger partial charge is 0.319 e.